The smallest absolute Gasteiger partial charge is 0.410 e. The fourth-order valence-electron chi connectivity index (χ4n) is 3.46. The van der Waals surface area contributed by atoms with E-state index in [-0.39, 0.29) is 24.3 Å². The summed E-state index contributed by atoms with van der Waals surface area (Å²) in [6.07, 6.45) is 0.385. The molecule has 1 unspecified atom stereocenters. The third-order valence-electron chi connectivity index (χ3n) is 5.11. The van der Waals surface area contributed by atoms with Crippen LogP contribution in [-0.4, -0.2) is 68.8 Å². The molecule has 3 amide bonds. The number of nitrogens with zero attached hydrogens (tertiary/aromatic N) is 2. The Labute approximate surface area is 190 Å². The molecule has 178 valence electrons. The fraction of sp³-hybridized carbons (Fsp3) is 0.609. The molecule has 1 heterocycles. The van der Waals surface area contributed by atoms with E-state index in [9.17, 15) is 14.4 Å². The van der Waals surface area contributed by atoms with E-state index < -0.39 is 11.5 Å². The van der Waals surface area contributed by atoms with E-state index in [2.05, 4.69) is 5.32 Å². The first-order valence-electron chi connectivity index (χ1n) is 10.9. The number of carbonyl (C=O) groups excluding carboxylic acids is 3. The van der Waals surface area contributed by atoms with Crippen molar-refractivity contribution in [3.05, 3.63) is 18.2 Å². The maximum atomic E-state index is 12.6. The average molecular weight is 450 g/mol. The maximum Gasteiger partial charge on any atom is 0.410 e. The van der Waals surface area contributed by atoms with Crippen LogP contribution in [0, 0.1) is 5.92 Å². The molecular weight excluding hydrogens is 414 g/mol. The summed E-state index contributed by atoms with van der Waals surface area (Å²) >= 11 is 0. The first-order chi connectivity index (χ1) is 15.1. The molecule has 9 nitrogen and oxygen atoms in total. The van der Waals surface area contributed by atoms with Crippen molar-refractivity contribution in [3.63, 3.8) is 0 Å². The summed E-state index contributed by atoms with van der Waals surface area (Å²) in [5, 5.41) is 2.88. The summed E-state index contributed by atoms with van der Waals surface area (Å²) in [6.45, 7) is 9.09. The van der Waals surface area contributed by atoms with Crippen LogP contribution in [0.2, 0.25) is 0 Å². The van der Waals surface area contributed by atoms with Crippen LogP contribution in [0.1, 0.15) is 40.5 Å². The number of hydrogen-bond donors (Lipinski definition) is 1. The molecule has 2 rings (SSSR count). The minimum absolute atomic E-state index is 0.112. The first-order valence-corrected chi connectivity index (χ1v) is 10.9. The molecule has 1 N–H and O–H groups in total. The van der Waals surface area contributed by atoms with Gasteiger partial charge in [0.1, 0.15) is 5.60 Å². The molecule has 1 fully saturated rings. The Bertz CT molecular complexity index is 820. The van der Waals surface area contributed by atoms with Crippen molar-refractivity contribution < 1.29 is 28.6 Å². The average Bonchev–Trinajstić information content (AvgIpc) is 3.13. The highest BCUT2D eigenvalue weighted by Crippen LogP contribution is 2.34. The second kappa shape index (κ2) is 11.1. The first kappa shape index (κ1) is 25.3. The van der Waals surface area contributed by atoms with Crippen LogP contribution < -0.4 is 19.7 Å². The summed E-state index contributed by atoms with van der Waals surface area (Å²) in [6, 6.07) is 5.24. The van der Waals surface area contributed by atoms with Crippen LogP contribution in [-0.2, 0) is 14.3 Å². The second-order valence-corrected chi connectivity index (χ2v) is 8.65. The lowest BCUT2D eigenvalue weighted by Crippen LogP contribution is -2.39. The highest BCUT2D eigenvalue weighted by atomic mass is 16.6. The monoisotopic (exact) mass is 449 g/mol. The standard InChI is InChI=1S/C23H35N3O6/c1-7-25(22(29)32-23(2,3)4)12-8-11-24-21(28)16-13-20(27)26(15-16)17-9-10-18(30-5)19(14-17)31-6/h9-10,14,16H,7-8,11-13,15H2,1-6H3,(H,24,28). The Morgan fingerprint density at radius 2 is 1.88 bits per heavy atom. The predicted octanol–water partition coefficient (Wildman–Crippen LogP) is 2.82. The van der Waals surface area contributed by atoms with Gasteiger partial charge in [0.2, 0.25) is 11.8 Å². The predicted molar refractivity (Wildman–Crippen MR) is 121 cm³/mol. The molecule has 0 spiro atoms. The summed E-state index contributed by atoms with van der Waals surface area (Å²) in [7, 11) is 3.08. The zero-order valence-corrected chi connectivity index (χ0v) is 19.9. The van der Waals surface area contributed by atoms with Crippen molar-refractivity contribution in [2.24, 2.45) is 5.92 Å². The van der Waals surface area contributed by atoms with Gasteiger partial charge in [-0.25, -0.2) is 4.79 Å². The molecule has 0 bridgehead atoms. The van der Waals surface area contributed by atoms with Crippen molar-refractivity contribution in [1.29, 1.82) is 0 Å². The summed E-state index contributed by atoms with van der Waals surface area (Å²) in [4.78, 5) is 40.5. The van der Waals surface area contributed by atoms with E-state index in [0.717, 1.165) is 0 Å². The van der Waals surface area contributed by atoms with Crippen LogP contribution in [0.25, 0.3) is 0 Å². The van der Waals surface area contributed by atoms with Gasteiger partial charge in [0.15, 0.2) is 11.5 Å². The van der Waals surface area contributed by atoms with Crippen LogP contribution in [0.15, 0.2) is 18.2 Å². The summed E-state index contributed by atoms with van der Waals surface area (Å²) < 4.78 is 15.9. The molecule has 32 heavy (non-hydrogen) atoms. The van der Waals surface area contributed by atoms with Crippen molar-refractivity contribution >= 4 is 23.6 Å². The lowest BCUT2D eigenvalue weighted by Gasteiger charge is -2.26. The topological polar surface area (TPSA) is 97.4 Å². The van der Waals surface area contributed by atoms with Crippen molar-refractivity contribution in [1.82, 2.24) is 10.2 Å². The van der Waals surface area contributed by atoms with Gasteiger partial charge >= 0.3 is 6.09 Å². The molecule has 0 radical (unpaired) electrons. The number of benzene rings is 1. The van der Waals surface area contributed by atoms with Crippen LogP contribution in [0.3, 0.4) is 0 Å². The van der Waals surface area contributed by atoms with Gasteiger partial charge in [-0.3, -0.25) is 9.59 Å². The van der Waals surface area contributed by atoms with E-state index in [4.69, 9.17) is 14.2 Å². The molecule has 1 aliphatic rings. The third-order valence-corrected chi connectivity index (χ3v) is 5.11. The molecular formula is C23H35N3O6. The minimum atomic E-state index is -0.548. The Morgan fingerprint density at radius 3 is 2.47 bits per heavy atom. The number of rotatable bonds is 9. The maximum absolute atomic E-state index is 12.6. The molecule has 1 aliphatic heterocycles. The van der Waals surface area contributed by atoms with Gasteiger partial charge in [-0.05, 0) is 46.2 Å². The lowest BCUT2D eigenvalue weighted by atomic mass is 10.1. The lowest BCUT2D eigenvalue weighted by molar-refractivity contribution is -0.126. The third kappa shape index (κ3) is 6.77. The molecule has 1 saturated heterocycles. The normalized spacial score (nSPS) is 16.0. The van der Waals surface area contributed by atoms with Crippen LogP contribution in [0.5, 0.6) is 11.5 Å². The van der Waals surface area contributed by atoms with Crippen LogP contribution in [0.4, 0.5) is 10.5 Å². The number of carbonyl (C=O) groups is 3. The zero-order valence-electron chi connectivity index (χ0n) is 19.9. The van der Waals surface area contributed by atoms with Crippen molar-refractivity contribution in [3.8, 4) is 11.5 Å². The quantitative estimate of drug-likeness (QED) is 0.582. The molecule has 1 aromatic carbocycles. The van der Waals surface area contributed by atoms with Crippen LogP contribution >= 0.6 is 0 Å². The van der Waals surface area contributed by atoms with E-state index in [1.54, 1.807) is 35.1 Å². The highest BCUT2D eigenvalue weighted by molar-refractivity contribution is 6.00. The second-order valence-electron chi connectivity index (χ2n) is 8.65. The fourth-order valence-corrected chi connectivity index (χ4v) is 3.46. The molecule has 1 aromatic rings. The van der Waals surface area contributed by atoms with Gasteiger partial charge in [0.05, 0.1) is 20.1 Å². The van der Waals surface area contributed by atoms with E-state index in [1.807, 2.05) is 27.7 Å². The number of ether oxygens (including phenoxy) is 3. The largest absolute Gasteiger partial charge is 0.493 e. The Balaban J connectivity index is 1.85. The van der Waals surface area contributed by atoms with Gasteiger partial charge < -0.3 is 29.3 Å². The number of hydrogen-bond acceptors (Lipinski definition) is 6. The number of anilines is 1. The molecule has 0 aromatic heterocycles. The van der Waals surface area contributed by atoms with E-state index >= 15 is 0 Å². The molecule has 9 heteroatoms. The SMILES string of the molecule is CCN(CCCNC(=O)C1CC(=O)N(c2ccc(OC)c(OC)c2)C1)C(=O)OC(C)(C)C. The number of amides is 3. The Hall–Kier alpha value is -2.97. The van der Waals surface area contributed by atoms with Gasteiger partial charge in [0.25, 0.3) is 0 Å². The molecule has 1 atom stereocenters. The van der Waals surface area contributed by atoms with E-state index in [0.29, 0.717) is 49.8 Å². The summed E-state index contributed by atoms with van der Waals surface area (Å²) in [5.41, 5.74) is 0.118. The number of methoxy groups -OCH3 is 2. The van der Waals surface area contributed by atoms with Gasteiger partial charge in [-0.15, -0.1) is 0 Å². The highest BCUT2D eigenvalue weighted by Gasteiger charge is 2.35. The Morgan fingerprint density at radius 1 is 1.19 bits per heavy atom. The molecule has 0 saturated carbocycles. The van der Waals surface area contributed by atoms with Gasteiger partial charge in [-0.1, -0.05) is 0 Å². The zero-order chi connectivity index (χ0) is 23.9. The molecule has 0 aliphatic carbocycles. The van der Waals surface area contributed by atoms with Gasteiger partial charge in [0, 0.05) is 44.4 Å². The Kier molecular flexibility index (Phi) is 8.74. The number of nitrogens with one attached hydrogen (secondary N) is 1. The van der Waals surface area contributed by atoms with Crippen molar-refractivity contribution in [2.45, 2.75) is 46.1 Å². The van der Waals surface area contributed by atoms with Crippen molar-refractivity contribution in [2.75, 3.05) is 45.3 Å². The van der Waals surface area contributed by atoms with E-state index in [1.165, 1.54) is 7.11 Å². The minimum Gasteiger partial charge on any atom is -0.493 e. The van der Waals surface area contributed by atoms with Gasteiger partial charge in [-0.2, -0.15) is 0 Å². The summed E-state index contributed by atoms with van der Waals surface area (Å²) in [5.74, 6) is 0.394.